The Labute approximate surface area is 188 Å². The lowest BCUT2D eigenvalue weighted by molar-refractivity contribution is -0.125. The number of aryl methyl sites for hydroxylation is 1. The fourth-order valence-corrected chi connectivity index (χ4v) is 4.79. The summed E-state index contributed by atoms with van der Waals surface area (Å²) in [6.07, 6.45) is 9.37. The summed E-state index contributed by atoms with van der Waals surface area (Å²) in [5.41, 5.74) is 4.82. The molecule has 162 valence electrons. The van der Waals surface area contributed by atoms with Crippen LogP contribution in [0.1, 0.15) is 42.5 Å². The Hall–Kier alpha value is -3.72. The number of carbonyl (C=O) groups excluding carboxylic acids is 2. The number of fused-ring (bicyclic) bond motifs is 2. The van der Waals surface area contributed by atoms with Gasteiger partial charge in [-0.25, -0.2) is 4.98 Å². The van der Waals surface area contributed by atoms with E-state index >= 15 is 0 Å². The zero-order chi connectivity index (χ0) is 21.4. The van der Waals surface area contributed by atoms with Crippen molar-refractivity contribution in [3.05, 3.63) is 70.9 Å². The summed E-state index contributed by atoms with van der Waals surface area (Å²) in [5.74, 6) is 1.37. The lowest BCUT2D eigenvalue weighted by atomic mass is 9.96. The maximum Gasteiger partial charge on any atom is 0.246 e. The fraction of sp³-hybridized carbons (Fsp3) is 0.308. The number of allylic oxidation sites excluding steroid dienone is 1. The van der Waals surface area contributed by atoms with Gasteiger partial charge in [0.2, 0.25) is 11.8 Å². The zero-order valence-corrected chi connectivity index (χ0v) is 17.0. The van der Waals surface area contributed by atoms with Gasteiger partial charge in [-0.2, -0.15) is 5.26 Å². The number of nitriles is 1. The molecular formula is C26H26N4O2. The van der Waals surface area contributed by atoms with Gasteiger partial charge in [-0.15, -0.1) is 0 Å². The van der Waals surface area contributed by atoms with Gasteiger partial charge in [-0.1, -0.05) is 31.7 Å². The first kappa shape index (κ1) is 21.5. The van der Waals surface area contributed by atoms with Gasteiger partial charge in [0.15, 0.2) is 0 Å². The highest BCUT2D eigenvalue weighted by atomic mass is 16.2. The van der Waals surface area contributed by atoms with Crippen LogP contribution >= 0.6 is 0 Å². The Morgan fingerprint density at radius 1 is 1.25 bits per heavy atom. The summed E-state index contributed by atoms with van der Waals surface area (Å²) < 4.78 is 0. The van der Waals surface area contributed by atoms with Crippen LogP contribution in [0.5, 0.6) is 0 Å². The average molecular weight is 427 g/mol. The summed E-state index contributed by atoms with van der Waals surface area (Å²) in [6.45, 7) is 1.44. The van der Waals surface area contributed by atoms with E-state index in [1.54, 1.807) is 18.3 Å². The topological polar surface area (TPSA) is 86.1 Å². The largest absolute Gasteiger partial charge is 0.338 e. The number of benzene rings is 1. The van der Waals surface area contributed by atoms with E-state index in [-0.39, 0.29) is 19.2 Å². The fourth-order valence-electron chi connectivity index (χ4n) is 4.79. The molecular weight excluding hydrogens is 400 g/mol. The Balaban J connectivity index is 0.00000245. The third-order valence-electron chi connectivity index (χ3n) is 6.38. The van der Waals surface area contributed by atoms with E-state index in [0.29, 0.717) is 42.6 Å². The standard InChI is InChI=1S/C25H22N4O2.CH4/c26-12-18-3-1-2-4-22(18)19-10-20-14-29(15-21(20)11-19)24(31)8-5-16-9-17-6-7-23(30)28-25(17)27-13-16;/h1-5,8-10,13,20-21H,6-7,11,14-15H2,(H,27,28,30);1H4/b8-5+;. The van der Waals surface area contributed by atoms with Crippen molar-refractivity contribution < 1.29 is 9.59 Å². The Morgan fingerprint density at radius 2 is 2.09 bits per heavy atom. The number of likely N-dealkylation sites (tertiary alicyclic amines) is 1. The molecule has 0 spiro atoms. The van der Waals surface area contributed by atoms with E-state index in [2.05, 4.69) is 22.4 Å². The van der Waals surface area contributed by atoms with Crippen molar-refractivity contribution in [3.8, 4) is 6.07 Å². The van der Waals surface area contributed by atoms with Crippen molar-refractivity contribution in [2.45, 2.75) is 26.7 Å². The van der Waals surface area contributed by atoms with Gasteiger partial charge >= 0.3 is 0 Å². The molecule has 2 amide bonds. The number of nitrogens with one attached hydrogen (secondary N) is 1. The van der Waals surface area contributed by atoms with Crippen LogP contribution in [-0.2, 0) is 16.0 Å². The summed E-state index contributed by atoms with van der Waals surface area (Å²) in [5, 5.41) is 12.1. The molecule has 0 radical (unpaired) electrons. The van der Waals surface area contributed by atoms with Crippen LogP contribution in [0.2, 0.25) is 0 Å². The van der Waals surface area contributed by atoms with Crippen LogP contribution in [0.15, 0.2) is 48.7 Å². The highest BCUT2D eigenvalue weighted by Gasteiger charge is 2.38. The second kappa shape index (κ2) is 8.80. The number of amides is 2. The zero-order valence-electron chi connectivity index (χ0n) is 17.0. The van der Waals surface area contributed by atoms with Crippen LogP contribution < -0.4 is 5.32 Å². The van der Waals surface area contributed by atoms with E-state index in [1.165, 1.54) is 5.57 Å². The first-order valence-corrected chi connectivity index (χ1v) is 10.6. The van der Waals surface area contributed by atoms with Crippen molar-refractivity contribution >= 4 is 29.3 Å². The predicted octanol–water partition coefficient (Wildman–Crippen LogP) is 4.05. The second-order valence-electron chi connectivity index (χ2n) is 8.38. The van der Waals surface area contributed by atoms with Crippen molar-refractivity contribution in [2.24, 2.45) is 11.8 Å². The monoisotopic (exact) mass is 426 g/mol. The van der Waals surface area contributed by atoms with Crippen LogP contribution in [0, 0.1) is 23.2 Å². The van der Waals surface area contributed by atoms with E-state index in [9.17, 15) is 14.9 Å². The minimum Gasteiger partial charge on any atom is -0.338 e. The lowest BCUT2D eigenvalue weighted by Crippen LogP contribution is -2.27. The summed E-state index contributed by atoms with van der Waals surface area (Å²) in [4.78, 5) is 30.4. The van der Waals surface area contributed by atoms with E-state index in [0.717, 1.165) is 29.7 Å². The van der Waals surface area contributed by atoms with Crippen molar-refractivity contribution in [2.75, 3.05) is 18.4 Å². The van der Waals surface area contributed by atoms with Crippen molar-refractivity contribution in [3.63, 3.8) is 0 Å². The number of rotatable bonds is 3. The van der Waals surface area contributed by atoms with Gasteiger partial charge in [-0.05, 0) is 65.1 Å². The van der Waals surface area contributed by atoms with E-state index < -0.39 is 0 Å². The molecule has 0 saturated carbocycles. The molecule has 6 nitrogen and oxygen atoms in total. The van der Waals surface area contributed by atoms with Gasteiger partial charge in [-0.3, -0.25) is 9.59 Å². The Morgan fingerprint density at radius 3 is 2.91 bits per heavy atom. The number of pyridine rings is 1. The Bertz CT molecular complexity index is 1170. The SMILES string of the molecule is C.N#Cc1ccccc1C1=CC2CN(C(=O)/C=C/c3cnc4c(c3)CCC(=O)N4)CC2C1. The number of anilines is 1. The molecule has 6 heteroatoms. The molecule has 1 saturated heterocycles. The van der Waals surface area contributed by atoms with Crippen molar-refractivity contribution in [1.29, 1.82) is 5.26 Å². The first-order valence-electron chi connectivity index (χ1n) is 10.6. The van der Waals surface area contributed by atoms with E-state index in [4.69, 9.17) is 0 Å². The van der Waals surface area contributed by atoms with Crippen LogP contribution in [0.4, 0.5) is 5.82 Å². The summed E-state index contributed by atoms with van der Waals surface area (Å²) in [6, 6.07) is 12.0. The quantitative estimate of drug-likeness (QED) is 0.751. The smallest absolute Gasteiger partial charge is 0.246 e. The number of hydrogen-bond donors (Lipinski definition) is 1. The maximum absolute atomic E-state index is 12.7. The number of aromatic nitrogens is 1. The first-order chi connectivity index (χ1) is 15.1. The third-order valence-corrected chi connectivity index (χ3v) is 6.38. The third kappa shape index (κ3) is 4.06. The molecule has 1 aliphatic carbocycles. The molecule has 1 aromatic carbocycles. The highest BCUT2D eigenvalue weighted by molar-refractivity contribution is 5.94. The number of carbonyl (C=O) groups is 2. The van der Waals surface area contributed by atoms with E-state index in [1.807, 2.05) is 35.2 Å². The second-order valence-corrected chi connectivity index (χ2v) is 8.38. The molecule has 2 aliphatic heterocycles. The molecule has 5 rings (SSSR count). The minimum atomic E-state index is -0.00799. The minimum absolute atomic E-state index is 0. The molecule has 3 heterocycles. The van der Waals surface area contributed by atoms with Crippen LogP contribution in [0.3, 0.4) is 0 Å². The molecule has 3 aliphatic rings. The molecule has 1 fully saturated rings. The van der Waals surface area contributed by atoms with Gasteiger partial charge in [0.05, 0.1) is 11.6 Å². The molecule has 32 heavy (non-hydrogen) atoms. The van der Waals surface area contributed by atoms with Crippen LogP contribution in [0.25, 0.3) is 11.6 Å². The molecule has 2 aromatic rings. The lowest BCUT2D eigenvalue weighted by Gasteiger charge is -2.16. The molecule has 1 aromatic heterocycles. The summed E-state index contributed by atoms with van der Waals surface area (Å²) in [7, 11) is 0. The molecule has 2 unspecified atom stereocenters. The average Bonchev–Trinajstić information content (AvgIpc) is 3.37. The van der Waals surface area contributed by atoms with Crippen molar-refractivity contribution in [1.82, 2.24) is 9.88 Å². The number of hydrogen-bond acceptors (Lipinski definition) is 4. The number of nitrogens with zero attached hydrogens (tertiary/aromatic N) is 3. The van der Waals surface area contributed by atoms with Gasteiger partial charge in [0.1, 0.15) is 5.82 Å². The molecule has 0 bridgehead atoms. The van der Waals surface area contributed by atoms with Gasteiger partial charge in [0, 0.05) is 31.8 Å². The summed E-state index contributed by atoms with van der Waals surface area (Å²) >= 11 is 0. The van der Waals surface area contributed by atoms with Gasteiger partial charge < -0.3 is 10.2 Å². The van der Waals surface area contributed by atoms with Crippen LogP contribution in [-0.4, -0.2) is 34.8 Å². The van der Waals surface area contributed by atoms with Gasteiger partial charge in [0.25, 0.3) is 0 Å². The predicted molar refractivity (Wildman–Crippen MR) is 124 cm³/mol. The maximum atomic E-state index is 12.7. The molecule has 1 N–H and O–H groups in total. The molecule has 2 atom stereocenters. The highest BCUT2D eigenvalue weighted by Crippen LogP contribution is 2.41. The normalized spacial score (nSPS) is 21.3. The Kier molecular flexibility index (Phi) is 5.91.